The molecule has 0 bridgehead atoms. The fourth-order valence-electron chi connectivity index (χ4n) is 2.94. The van der Waals surface area contributed by atoms with Crippen LogP contribution in [0.1, 0.15) is 25.3 Å². The van der Waals surface area contributed by atoms with E-state index in [0.717, 1.165) is 12.1 Å². The average molecular weight is 388 g/mol. The number of benzene rings is 2. The van der Waals surface area contributed by atoms with Crippen molar-refractivity contribution in [2.45, 2.75) is 26.2 Å². The number of hydrogen-bond acceptors (Lipinski definition) is 6. The zero-order valence-electron chi connectivity index (χ0n) is 16.1. The summed E-state index contributed by atoms with van der Waals surface area (Å²) in [6, 6.07) is 14.3. The molecule has 2 N–H and O–H groups in total. The quantitative estimate of drug-likeness (QED) is 0.442. The van der Waals surface area contributed by atoms with Crippen LogP contribution in [0.15, 0.2) is 60.9 Å². The van der Waals surface area contributed by atoms with Crippen molar-refractivity contribution in [3.8, 4) is 0 Å². The van der Waals surface area contributed by atoms with Crippen molar-refractivity contribution in [3.63, 3.8) is 0 Å². The van der Waals surface area contributed by atoms with E-state index in [0.29, 0.717) is 28.6 Å². The second-order valence-corrected chi connectivity index (χ2v) is 6.68. The molecule has 0 atom stereocenters. The zero-order chi connectivity index (χ0) is 20.1. The standard InChI is InChI=1S/C22H21FN6/c1-2-3-4-15-5-9-18(10-6-15)27-22-28-20-19(24-13-14-25-20)21(29-22)26-17-11-7-16(23)8-12-17/h5-14H,2-4H2,1H3,(H2,25,26,27,28,29). The van der Waals surface area contributed by atoms with E-state index in [4.69, 9.17) is 0 Å². The minimum absolute atomic E-state index is 0.298. The van der Waals surface area contributed by atoms with Gasteiger partial charge in [0, 0.05) is 23.8 Å². The van der Waals surface area contributed by atoms with Crippen molar-refractivity contribution in [2.75, 3.05) is 10.6 Å². The molecule has 0 radical (unpaired) electrons. The highest BCUT2D eigenvalue weighted by Gasteiger charge is 2.11. The molecule has 2 aromatic heterocycles. The molecule has 2 heterocycles. The van der Waals surface area contributed by atoms with E-state index in [-0.39, 0.29) is 5.82 Å². The number of rotatable bonds is 7. The SMILES string of the molecule is CCCCc1ccc(Nc2nc(Nc3ccc(F)cc3)c3nccnc3n2)cc1. The number of fused-ring (bicyclic) bond motifs is 1. The molecule has 0 unspecified atom stereocenters. The minimum Gasteiger partial charge on any atom is -0.338 e. The van der Waals surface area contributed by atoms with Crippen molar-refractivity contribution in [1.29, 1.82) is 0 Å². The van der Waals surface area contributed by atoms with Crippen molar-refractivity contribution >= 4 is 34.3 Å². The van der Waals surface area contributed by atoms with Crippen LogP contribution in [0.25, 0.3) is 11.2 Å². The zero-order valence-corrected chi connectivity index (χ0v) is 16.1. The average Bonchev–Trinajstić information content (AvgIpc) is 2.75. The third kappa shape index (κ3) is 4.63. The van der Waals surface area contributed by atoms with Gasteiger partial charge in [-0.1, -0.05) is 25.5 Å². The third-order valence-corrected chi connectivity index (χ3v) is 4.47. The summed E-state index contributed by atoms with van der Waals surface area (Å²) in [4.78, 5) is 17.6. The maximum absolute atomic E-state index is 13.2. The van der Waals surface area contributed by atoms with Crippen LogP contribution in [-0.2, 0) is 6.42 Å². The topological polar surface area (TPSA) is 75.6 Å². The Morgan fingerprint density at radius 1 is 0.828 bits per heavy atom. The van der Waals surface area contributed by atoms with E-state index in [2.05, 4.69) is 49.6 Å². The summed E-state index contributed by atoms with van der Waals surface area (Å²) < 4.78 is 13.2. The lowest BCUT2D eigenvalue weighted by Gasteiger charge is -2.11. The molecular formula is C22H21FN6. The van der Waals surface area contributed by atoms with E-state index in [1.807, 2.05) is 12.1 Å². The van der Waals surface area contributed by atoms with Gasteiger partial charge in [0.25, 0.3) is 0 Å². The van der Waals surface area contributed by atoms with Crippen LogP contribution in [0.4, 0.5) is 27.5 Å². The maximum Gasteiger partial charge on any atom is 0.231 e. The summed E-state index contributed by atoms with van der Waals surface area (Å²) >= 11 is 0. The van der Waals surface area contributed by atoms with Gasteiger partial charge in [0.05, 0.1) is 0 Å². The molecule has 7 heteroatoms. The molecule has 0 saturated heterocycles. The van der Waals surface area contributed by atoms with E-state index in [1.165, 1.54) is 30.5 Å². The molecule has 146 valence electrons. The minimum atomic E-state index is -0.298. The maximum atomic E-state index is 13.2. The molecule has 0 aliphatic rings. The lowest BCUT2D eigenvalue weighted by atomic mass is 10.1. The van der Waals surface area contributed by atoms with Gasteiger partial charge in [-0.15, -0.1) is 0 Å². The first-order chi connectivity index (χ1) is 14.2. The summed E-state index contributed by atoms with van der Waals surface area (Å²) in [5.41, 5.74) is 3.90. The molecular weight excluding hydrogens is 367 g/mol. The number of nitrogens with one attached hydrogen (secondary N) is 2. The Morgan fingerprint density at radius 2 is 1.52 bits per heavy atom. The lowest BCUT2D eigenvalue weighted by molar-refractivity contribution is 0.628. The Hall–Kier alpha value is -3.61. The Bertz CT molecular complexity index is 1100. The molecule has 0 aliphatic carbocycles. The summed E-state index contributed by atoms with van der Waals surface area (Å²) in [6.45, 7) is 2.19. The predicted octanol–water partition coefficient (Wildman–Crippen LogP) is 5.39. The highest BCUT2D eigenvalue weighted by atomic mass is 19.1. The molecule has 4 rings (SSSR count). The Morgan fingerprint density at radius 3 is 2.28 bits per heavy atom. The summed E-state index contributed by atoms with van der Waals surface area (Å²) in [6.07, 6.45) is 6.60. The van der Waals surface area contributed by atoms with Crippen LogP contribution in [0, 0.1) is 5.82 Å². The molecule has 2 aromatic carbocycles. The Labute approximate surface area is 168 Å². The smallest absolute Gasteiger partial charge is 0.231 e. The first kappa shape index (κ1) is 18.7. The normalized spacial score (nSPS) is 10.8. The summed E-state index contributed by atoms with van der Waals surface area (Å²) in [5, 5.41) is 6.40. The van der Waals surface area contributed by atoms with E-state index in [9.17, 15) is 4.39 Å². The molecule has 0 saturated carbocycles. The van der Waals surface area contributed by atoms with Crippen LogP contribution in [0.5, 0.6) is 0 Å². The molecule has 0 spiro atoms. The van der Waals surface area contributed by atoms with E-state index < -0.39 is 0 Å². The largest absolute Gasteiger partial charge is 0.338 e. The number of halogens is 1. The molecule has 29 heavy (non-hydrogen) atoms. The van der Waals surface area contributed by atoms with Gasteiger partial charge in [-0.3, -0.25) is 0 Å². The first-order valence-electron chi connectivity index (χ1n) is 9.58. The second kappa shape index (κ2) is 8.60. The molecule has 0 aliphatic heterocycles. The number of hydrogen-bond donors (Lipinski definition) is 2. The van der Waals surface area contributed by atoms with Crippen LogP contribution in [-0.4, -0.2) is 19.9 Å². The Kier molecular flexibility index (Phi) is 5.56. The number of aryl methyl sites for hydroxylation is 1. The van der Waals surface area contributed by atoms with Crippen molar-refractivity contribution in [2.24, 2.45) is 0 Å². The predicted molar refractivity (Wildman–Crippen MR) is 113 cm³/mol. The van der Waals surface area contributed by atoms with Gasteiger partial charge in [-0.05, 0) is 54.8 Å². The highest BCUT2D eigenvalue weighted by Crippen LogP contribution is 2.24. The monoisotopic (exact) mass is 388 g/mol. The Balaban J connectivity index is 1.62. The first-order valence-corrected chi connectivity index (χ1v) is 9.58. The van der Waals surface area contributed by atoms with Crippen molar-refractivity contribution in [1.82, 2.24) is 19.9 Å². The second-order valence-electron chi connectivity index (χ2n) is 6.68. The summed E-state index contributed by atoms with van der Waals surface area (Å²) in [5.74, 6) is 0.605. The highest BCUT2D eigenvalue weighted by molar-refractivity contribution is 5.85. The van der Waals surface area contributed by atoms with Gasteiger partial charge < -0.3 is 10.6 Å². The van der Waals surface area contributed by atoms with E-state index >= 15 is 0 Å². The number of unbranched alkanes of at least 4 members (excludes halogenated alkanes) is 1. The van der Waals surface area contributed by atoms with Gasteiger partial charge in [0.2, 0.25) is 5.95 Å². The van der Waals surface area contributed by atoms with Crippen LogP contribution in [0.3, 0.4) is 0 Å². The number of anilines is 4. The van der Waals surface area contributed by atoms with Crippen molar-refractivity contribution < 1.29 is 4.39 Å². The molecule has 0 amide bonds. The number of nitrogens with zero attached hydrogens (tertiary/aromatic N) is 4. The molecule has 0 fully saturated rings. The number of aromatic nitrogens is 4. The van der Waals surface area contributed by atoms with Gasteiger partial charge in [0.15, 0.2) is 17.0 Å². The van der Waals surface area contributed by atoms with Crippen LogP contribution in [0.2, 0.25) is 0 Å². The van der Waals surface area contributed by atoms with Crippen LogP contribution < -0.4 is 10.6 Å². The molecule has 6 nitrogen and oxygen atoms in total. The third-order valence-electron chi connectivity index (χ3n) is 4.47. The van der Waals surface area contributed by atoms with Gasteiger partial charge in [0.1, 0.15) is 5.82 Å². The fourth-order valence-corrected chi connectivity index (χ4v) is 2.94. The van der Waals surface area contributed by atoms with Gasteiger partial charge in [-0.25, -0.2) is 14.4 Å². The summed E-state index contributed by atoms with van der Waals surface area (Å²) in [7, 11) is 0. The van der Waals surface area contributed by atoms with Gasteiger partial charge in [-0.2, -0.15) is 9.97 Å². The van der Waals surface area contributed by atoms with Crippen molar-refractivity contribution in [3.05, 3.63) is 72.3 Å². The van der Waals surface area contributed by atoms with Gasteiger partial charge >= 0.3 is 0 Å². The fraction of sp³-hybridized carbons (Fsp3) is 0.182. The molecule has 4 aromatic rings. The van der Waals surface area contributed by atoms with E-state index in [1.54, 1.807) is 24.5 Å². The van der Waals surface area contributed by atoms with Crippen LogP contribution >= 0.6 is 0 Å². The lowest BCUT2D eigenvalue weighted by Crippen LogP contribution is -2.04.